The summed E-state index contributed by atoms with van der Waals surface area (Å²) < 4.78 is 39.1. The molecule has 0 unspecified atom stereocenters. The minimum Gasteiger partial charge on any atom is -0.481 e. The first-order valence-electron chi connectivity index (χ1n) is 10.7. The van der Waals surface area contributed by atoms with Crippen LogP contribution in [0, 0.1) is 11.7 Å². The zero-order chi connectivity index (χ0) is 23.4. The van der Waals surface area contributed by atoms with E-state index in [1.807, 2.05) is 12.1 Å². The normalized spacial score (nSPS) is 13.9. The summed E-state index contributed by atoms with van der Waals surface area (Å²) in [4.78, 5) is 16.7. The highest BCUT2D eigenvalue weighted by molar-refractivity contribution is 7.90. The molecule has 1 atom stereocenters. The van der Waals surface area contributed by atoms with Gasteiger partial charge in [-0.1, -0.05) is 42.5 Å². The number of halogens is 1. The van der Waals surface area contributed by atoms with E-state index in [2.05, 4.69) is 4.99 Å². The number of carboxylic acids is 1. The standard InChI is InChI=1S/C26H24FNO4S/c27-22-12-13-25-21(14-22)16-23(28-25)15-19(26(29)30)11-10-18-6-4-5-7-20(18)17-33(31,32)24-8-2-1-3-9-24/h1-9,12-14,19H,10-11,15-17H2,(H,29,30)/t19-/m1/s1. The minimum absolute atomic E-state index is 0.140. The molecule has 3 aromatic carbocycles. The Kier molecular flexibility index (Phi) is 6.70. The fourth-order valence-electron chi connectivity index (χ4n) is 4.14. The van der Waals surface area contributed by atoms with Gasteiger partial charge in [0.15, 0.2) is 9.84 Å². The smallest absolute Gasteiger partial charge is 0.306 e. The van der Waals surface area contributed by atoms with Crippen LogP contribution in [0.4, 0.5) is 10.1 Å². The molecule has 0 saturated carbocycles. The van der Waals surface area contributed by atoms with Crippen LogP contribution in [-0.2, 0) is 33.2 Å². The second-order valence-electron chi connectivity index (χ2n) is 8.25. The van der Waals surface area contributed by atoms with Crippen LogP contribution in [0.2, 0.25) is 0 Å². The predicted octanol–water partition coefficient (Wildman–Crippen LogP) is 5.15. The van der Waals surface area contributed by atoms with E-state index < -0.39 is 21.7 Å². The summed E-state index contributed by atoms with van der Waals surface area (Å²) in [5.41, 5.74) is 3.68. The lowest BCUT2D eigenvalue weighted by molar-refractivity contribution is -0.141. The van der Waals surface area contributed by atoms with E-state index in [-0.39, 0.29) is 22.9 Å². The fourth-order valence-corrected chi connectivity index (χ4v) is 5.57. The first kappa shape index (κ1) is 22.9. The molecule has 1 aliphatic rings. The van der Waals surface area contributed by atoms with Crippen molar-refractivity contribution in [3.05, 3.63) is 95.3 Å². The van der Waals surface area contributed by atoms with Crippen molar-refractivity contribution in [3.8, 4) is 0 Å². The average molecular weight is 466 g/mol. The fraction of sp³-hybridized carbons (Fsp3) is 0.231. The molecule has 0 amide bonds. The third-order valence-corrected chi connectivity index (χ3v) is 7.56. The van der Waals surface area contributed by atoms with E-state index in [9.17, 15) is 22.7 Å². The Morgan fingerprint density at radius 1 is 1.00 bits per heavy atom. The number of hydrogen-bond donors (Lipinski definition) is 1. The van der Waals surface area contributed by atoms with Crippen LogP contribution in [0.25, 0.3) is 0 Å². The van der Waals surface area contributed by atoms with Gasteiger partial charge in [-0.3, -0.25) is 9.79 Å². The molecule has 0 saturated heterocycles. The lowest BCUT2D eigenvalue weighted by Crippen LogP contribution is -2.19. The molecule has 0 radical (unpaired) electrons. The van der Waals surface area contributed by atoms with E-state index in [0.29, 0.717) is 30.5 Å². The molecule has 33 heavy (non-hydrogen) atoms. The van der Waals surface area contributed by atoms with E-state index in [1.54, 1.807) is 48.5 Å². The van der Waals surface area contributed by atoms with Gasteiger partial charge in [0.25, 0.3) is 0 Å². The third-order valence-electron chi connectivity index (χ3n) is 5.87. The van der Waals surface area contributed by atoms with Crippen molar-refractivity contribution in [2.24, 2.45) is 10.9 Å². The zero-order valence-corrected chi connectivity index (χ0v) is 18.8. The molecule has 0 aliphatic carbocycles. The topological polar surface area (TPSA) is 83.8 Å². The van der Waals surface area contributed by atoms with Crippen LogP contribution < -0.4 is 0 Å². The molecule has 0 aromatic heterocycles. The third kappa shape index (κ3) is 5.54. The van der Waals surface area contributed by atoms with Crippen LogP contribution >= 0.6 is 0 Å². The van der Waals surface area contributed by atoms with Crippen LogP contribution in [-0.4, -0.2) is 25.2 Å². The summed E-state index contributed by atoms with van der Waals surface area (Å²) in [5.74, 6) is -2.06. The van der Waals surface area contributed by atoms with Gasteiger partial charge in [-0.2, -0.15) is 0 Å². The summed E-state index contributed by atoms with van der Waals surface area (Å²) in [6.07, 6.45) is 1.51. The summed E-state index contributed by atoms with van der Waals surface area (Å²) >= 11 is 0. The summed E-state index contributed by atoms with van der Waals surface area (Å²) in [6, 6.07) is 19.9. The Hall–Kier alpha value is -3.32. The van der Waals surface area contributed by atoms with Crippen LogP contribution in [0.15, 0.2) is 82.7 Å². The molecule has 3 aromatic rings. The highest BCUT2D eigenvalue weighted by atomic mass is 32.2. The number of carboxylic acid groups (broad SMARTS) is 1. The lowest BCUT2D eigenvalue weighted by Gasteiger charge is -2.15. The van der Waals surface area contributed by atoms with Gasteiger partial charge in [-0.25, -0.2) is 12.8 Å². The van der Waals surface area contributed by atoms with Gasteiger partial charge < -0.3 is 5.11 Å². The van der Waals surface area contributed by atoms with Crippen LogP contribution in [0.5, 0.6) is 0 Å². The molecular weight excluding hydrogens is 441 g/mol. The number of sulfone groups is 1. The first-order chi connectivity index (χ1) is 15.8. The summed E-state index contributed by atoms with van der Waals surface area (Å²) in [5, 5.41) is 9.77. The Bertz CT molecular complexity index is 1300. The number of nitrogens with zero attached hydrogens (tertiary/aromatic N) is 1. The molecule has 5 nitrogen and oxygen atoms in total. The second-order valence-corrected chi connectivity index (χ2v) is 10.2. The molecule has 4 rings (SSSR count). The largest absolute Gasteiger partial charge is 0.481 e. The number of rotatable bonds is 9. The molecule has 1 N–H and O–H groups in total. The Labute approximate surface area is 192 Å². The Balaban J connectivity index is 1.45. The van der Waals surface area contributed by atoms with Gasteiger partial charge >= 0.3 is 5.97 Å². The first-order valence-corrected chi connectivity index (χ1v) is 12.4. The highest BCUT2D eigenvalue weighted by Crippen LogP contribution is 2.30. The van der Waals surface area contributed by atoms with Crippen molar-refractivity contribution in [3.63, 3.8) is 0 Å². The van der Waals surface area contributed by atoms with Crippen molar-refractivity contribution < 1.29 is 22.7 Å². The van der Waals surface area contributed by atoms with Crippen molar-refractivity contribution in [2.75, 3.05) is 0 Å². The average Bonchev–Trinajstić information content (AvgIpc) is 3.19. The molecule has 0 spiro atoms. The monoisotopic (exact) mass is 465 g/mol. The molecule has 0 fully saturated rings. The number of aliphatic carboxylic acids is 1. The van der Waals surface area contributed by atoms with E-state index in [0.717, 1.165) is 16.8 Å². The van der Waals surface area contributed by atoms with Gasteiger partial charge in [0, 0.05) is 12.1 Å². The number of hydrogen-bond acceptors (Lipinski definition) is 4. The molecular formula is C26H24FNO4S. The molecule has 7 heteroatoms. The minimum atomic E-state index is -3.51. The molecule has 0 bridgehead atoms. The number of aliphatic imine (C=N–C) groups is 1. The second kappa shape index (κ2) is 9.67. The van der Waals surface area contributed by atoms with Crippen molar-refractivity contribution in [1.82, 2.24) is 0 Å². The van der Waals surface area contributed by atoms with E-state index in [1.165, 1.54) is 12.1 Å². The number of fused-ring (bicyclic) bond motifs is 1. The summed E-state index contributed by atoms with van der Waals surface area (Å²) in [7, 11) is -3.51. The van der Waals surface area contributed by atoms with Gasteiger partial charge in [0.1, 0.15) is 5.82 Å². The van der Waals surface area contributed by atoms with E-state index in [4.69, 9.17) is 0 Å². The molecule has 1 heterocycles. The van der Waals surface area contributed by atoms with Gasteiger partial charge in [0.05, 0.1) is 22.3 Å². The predicted molar refractivity (Wildman–Crippen MR) is 125 cm³/mol. The maximum Gasteiger partial charge on any atom is 0.306 e. The highest BCUT2D eigenvalue weighted by Gasteiger charge is 2.24. The quantitative estimate of drug-likeness (QED) is 0.474. The van der Waals surface area contributed by atoms with Gasteiger partial charge in [0.2, 0.25) is 0 Å². The van der Waals surface area contributed by atoms with Crippen molar-refractivity contribution in [1.29, 1.82) is 0 Å². The van der Waals surface area contributed by atoms with Crippen molar-refractivity contribution in [2.45, 2.75) is 36.3 Å². The lowest BCUT2D eigenvalue weighted by atomic mass is 9.92. The van der Waals surface area contributed by atoms with Crippen molar-refractivity contribution >= 4 is 27.2 Å². The Morgan fingerprint density at radius 3 is 2.42 bits per heavy atom. The zero-order valence-electron chi connectivity index (χ0n) is 17.9. The SMILES string of the molecule is O=C(O)[C@H](CCc1ccccc1CS(=O)(=O)c1ccccc1)CC1=Nc2ccc(F)cc2C1. The maximum absolute atomic E-state index is 13.5. The maximum atomic E-state index is 13.5. The number of aryl methyl sites for hydroxylation is 1. The van der Waals surface area contributed by atoms with Gasteiger partial charge in [-0.05, 0) is 66.3 Å². The molecule has 170 valence electrons. The summed E-state index contributed by atoms with van der Waals surface area (Å²) in [6.45, 7) is 0. The van der Waals surface area contributed by atoms with Gasteiger partial charge in [-0.15, -0.1) is 0 Å². The Morgan fingerprint density at radius 2 is 1.70 bits per heavy atom. The number of benzene rings is 3. The molecule has 1 aliphatic heterocycles. The van der Waals surface area contributed by atoms with E-state index >= 15 is 0 Å². The number of carbonyl (C=O) groups is 1. The van der Waals surface area contributed by atoms with Crippen LogP contribution in [0.3, 0.4) is 0 Å². The van der Waals surface area contributed by atoms with Crippen LogP contribution in [0.1, 0.15) is 29.5 Å².